The quantitative estimate of drug-likeness (QED) is 0.760. The second-order valence-electron chi connectivity index (χ2n) is 4.90. The van der Waals surface area contributed by atoms with Gasteiger partial charge < -0.3 is 10.4 Å². The predicted molar refractivity (Wildman–Crippen MR) is 74.3 cm³/mol. The number of aryl methyl sites for hydroxylation is 2. The molecule has 7 nitrogen and oxygen atoms in total. The number of aliphatic hydroxyl groups is 1. The van der Waals surface area contributed by atoms with Crippen LogP contribution in [0.5, 0.6) is 0 Å². The number of amides is 1. The fourth-order valence-corrected chi connectivity index (χ4v) is 2.05. The Hall–Kier alpha value is -2.15. The highest BCUT2D eigenvalue weighted by Gasteiger charge is 2.17. The maximum atomic E-state index is 11.9. The average Bonchev–Trinajstić information content (AvgIpc) is 2.93. The van der Waals surface area contributed by atoms with Crippen LogP contribution >= 0.6 is 0 Å². The largest absolute Gasteiger partial charge is 0.392 e. The molecular weight excluding hydrogens is 258 g/mol. The van der Waals surface area contributed by atoms with E-state index in [2.05, 4.69) is 20.6 Å². The summed E-state index contributed by atoms with van der Waals surface area (Å²) in [6, 6.07) is 1.69. The standard InChI is InChI=1S/C13H19N5O2/c1-7(19)6-14-13(20)11-5-10(15-16-11)12-8(2)17-18(4)9(12)3/h5,7,19H,6H2,1-4H3,(H,14,20)(H,15,16). The predicted octanol–water partition coefficient (Wildman–Crippen LogP) is 0.538. The van der Waals surface area contributed by atoms with Gasteiger partial charge in [-0.05, 0) is 26.8 Å². The van der Waals surface area contributed by atoms with Gasteiger partial charge in [-0.1, -0.05) is 0 Å². The van der Waals surface area contributed by atoms with Crippen molar-refractivity contribution in [2.24, 2.45) is 7.05 Å². The number of aromatic amines is 1. The van der Waals surface area contributed by atoms with E-state index in [0.29, 0.717) is 11.4 Å². The third-order valence-electron chi connectivity index (χ3n) is 3.15. The number of rotatable bonds is 4. The van der Waals surface area contributed by atoms with Gasteiger partial charge in [-0.25, -0.2) is 0 Å². The highest BCUT2D eigenvalue weighted by atomic mass is 16.3. The second kappa shape index (κ2) is 5.46. The molecule has 0 bridgehead atoms. The Bertz CT molecular complexity index is 627. The van der Waals surface area contributed by atoms with Gasteiger partial charge in [-0.15, -0.1) is 0 Å². The summed E-state index contributed by atoms with van der Waals surface area (Å²) in [4.78, 5) is 11.9. The summed E-state index contributed by atoms with van der Waals surface area (Å²) in [6.07, 6.45) is -0.579. The molecule has 0 aliphatic carbocycles. The molecule has 2 rings (SSSR count). The van der Waals surface area contributed by atoms with Crippen molar-refractivity contribution in [3.63, 3.8) is 0 Å². The van der Waals surface area contributed by atoms with Gasteiger partial charge in [0, 0.05) is 24.8 Å². The molecule has 0 aliphatic heterocycles. The molecular formula is C13H19N5O2. The van der Waals surface area contributed by atoms with Crippen molar-refractivity contribution in [2.75, 3.05) is 6.54 Å². The summed E-state index contributed by atoms with van der Waals surface area (Å²) in [5.41, 5.74) is 3.84. The normalized spacial score (nSPS) is 12.4. The van der Waals surface area contributed by atoms with Crippen LogP contribution in [0.25, 0.3) is 11.3 Å². The minimum atomic E-state index is -0.579. The SMILES string of the molecule is Cc1nn(C)c(C)c1-c1cc(C(=O)NCC(C)O)[nH]n1. The second-order valence-corrected chi connectivity index (χ2v) is 4.90. The van der Waals surface area contributed by atoms with E-state index in [9.17, 15) is 4.79 Å². The summed E-state index contributed by atoms with van der Waals surface area (Å²) in [7, 11) is 1.87. The molecule has 1 amide bonds. The molecule has 1 unspecified atom stereocenters. The van der Waals surface area contributed by atoms with Gasteiger partial charge in [0.1, 0.15) is 5.69 Å². The molecule has 0 aromatic carbocycles. The Kier molecular flexibility index (Phi) is 3.89. The van der Waals surface area contributed by atoms with Crippen molar-refractivity contribution >= 4 is 5.91 Å². The maximum Gasteiger partial charge on any atom is 0.269 e. The molecule has 0 saturated carbocycles. The van der Waals surface area contributed by atoms with Crippen LogP contribution in [0.3, 0.4) is 0 Å². The van der Waals surface area contributed by atoms with E-state index in [1.807, 2.05) is 20.9 Å². The zero-order chi connectivity index (χ0) is 14.9. The summed E-state index contributed by atoms with van der Waals surface area (Å²) < 4.78 is 1.78. The number of aromatic nitrogens is 4. The van der Waals surface area contributed by atoms with E-state index >= 15 is 0 Å². The number of aliphatic hydroxyl groups excluding tert-OH is 1. The van der Waals surface area contributed by atoms with Crippen molar-refractivity contribution in [3.05, 3.63) is 23.1 Å². The molecule has 1 atom stereocenters. The summed E-state index contributed by atoms with van der Waals surface area (Å²) >= 11 is 0. The molecule has 2 aromatic rings. The van der Waals surface area contributed by atoms with Crippen LogP contribution in [0, 0.1) is 13.8 Å². The number of nitrogens with zero attached hydrogens (tertiary/aromatic N) is 3. The number of hydrogen-bond acceptors (Lipinski definition) is 4. The molecule has 0 radical (unpaired) electrons. The third-order valence-corrected chi connectivity index (χ3v) is 3.15. The van der Waals surface area contributed by atoms with Gasteiger partial charge >= 0.3 is 0 Å². The van der Waals surface area contributed by atoms with Crippen LogP contribution < -0.4 is 5.32 Å². The summed E-state index contributed by atoms with van der Waals surface area (Å²) in [5, 5.41) is 23.0. The first-order valence-electron chi connectivity index (χ1n) is 6.42. The van der Waals surface area contributed by atoms with E-state index in [1.54, 1.807) is 17.7 Å². The van der Waals surface area contributed by atoms with Gasteiger partial charge in [0.2, 0.25) is 0 Å². The van der Waals surface area contributed by atoms with Crippen LogP contribution in [0.4, 0.5) is 0 Å². The van der Waals surface area contributed by atoms with Crippen LogP contribution in [-0.2, 0) is 7.05 Å². The molecule has 0 fully saturated rings. The Balaban J connectivity index is 2.23. The van der Waals surface area contributed by atoms with Crippen LogP contribution in [-0.4, -0.2) is 43.6 Å². The highest BCUT2D eigenvalue weighted by molar-refractivity contribution is 5.93. The zero-order valence-corrected chi connectivity index (χ0v) is 12.1. The molecule has 2 heterocycles. The van der Waals surface area contributed by atoms with Gasteiger partial charge in [0.05, 0.1) is 17.5 Å². The smallest absolute Gasteiger partial charge is 0.269 e. The number of carbonyl (C=O) groups excluding carboxylic acids is 1. The molecule has 20 heavy (non-hydrogen) atoms. The molecule has 7 heteroatoms. The minimum Gasteiger partial charge on any atom is -0.392 e. The first-order chi connectivity index (χ1) is 9.40. The van der Waals surface area contributed by atoms with E-state index in [-0.39, 0.29) is 12.5 Å². The van der Waals surface area contributed by atoms with Gasteiger partial charge in [0.15, 0.2) is 0 Å². The van der Waals surface area contributed by atoms with Crippen molar-refractivity contribution in [1.29, 1.82) is 0 Å². The van der Waals surface area contributed by atoms with E-state index in [1.165, 1.54) is 0 Å². The van der Waals surface area contributed by atoms with Crippen molar-refractivity contribution in [2.45, 2.75) is 26.9 Å². The lowest BCUT2D eigenvalue weighted by atomic mass is 10.1. The first-order valence-corrected chi connectivity index (χ1v) is 6.42. The van der Waals surface area contributed by atoms with Crippen LogP contribution in [0.15, 0.2) is 6.07 Å². The Morgan fingerprint density at radius 2 is 2.25 bits per heavy atom. The van der Waals surface area contributed by atoms with Crippen LogP contribution in [0.1, 0.15) is 28.8 Å². The lowest BCUT2D eigenvalue weighted by molar-refractivity contribution is 0.0919. The number of hydrogen-bond donors (Lipinski definition) is 3. The molecule has 0 saturated heterocycles. The summed E-state index contributed by atoms with van der Waals surface area (Å²) in [5.74, 6) is -0.288. The fraction of sp³-hybridized carbons (Fsp3) is 0.462. The fourth-order valence-electron chi connectivity index (χ4n) is 2.05. The van der Waals surface area contributed by atoms with Gasteiger partial charge in [-0.3, -0.25) is 14.6 Å². The Morgan fingerprint density at radius 3 is 2.80 bits per heavy atom. The van der Waals surface area contributed by atoms with Crippen LogP contribution in [0.2, 0.25) is 0 Å². The number of H-pyrrole nitrogens is 1. The molecule has 0 spiro atoms. The maximum absolute atomic E-state index is 11.9. The zero-order valence-electron chi connectivity index (χ0n) is 12.1. The highest BCUT2D eigenvalue weighted by Crippen LogP contribution is 2.24. The number of carbonyl (C=O) groups is 1. The van der Waals surface area contributed by atoms with Gasteiger partial charge in [0.25, 0.3) is 5.91 Å². The Labute approximate surface area is 117 Å². The lowest BCUT2D eigenvalue weighted by Crippen LogP contribution is -2.30. The average molecular weight is 277 g/mol. The van der Waals surface area contributed by atoms with E-state index in [0.717, 1.165) is 17.0 Å². The van der Waals surface area contributed by atoms with Gasteiger partial charge in [-0.2, -0.15) is 10.2 Å². The van der Waals surface area contributed by atoms with Crippen molar-refractivity contribution in [1.82, 2.24) is 25.3 Å². The Morgan fingerprint density at radius 1 is 1.55 bits per heavy atom. The van der Waals surface area contributed by atoms with Crippen molar-refractivity contribution in [3.8, 4) is 11.3 Å². The molecule has 108 valence electrons. The minimum absolute atomic E-state index is 0.206. The third kappa shape index (κ3) is 2.72. The van der Waals surface area contributed by atoms with E-state index in [4.69, 9.17) is 5.11 Å². The van der Waals surface area contributed by atoms with E-state index < -0.39 is 6.10 Å². The molecule has 0 aliphatic rings. The molecule has 3 N–H and O–H groups in total. The summed E-state index contributed by atoms with van der Waals surface area (Å²) in [6.45, 7) is 5.68. The molecule has 2 aromatic heterocycles. The van der Waals surface area contributed by atoms with Crippen molar-refractivity contribution < 1.29 is 9.90 Å². The number of nitrogens with one attached hydrogen (secondary N) is 2. The lowest BCUT2D eigenvalue weighted by Gasteiger charge is -2.04. The topological polar surface area (TPSA) is 95.8 Å². The first kappa shape index (κ1) is 14.3. The monoisotopic (exact) mass is 277 g/mol.